The van der Waals surface area contributed by atoms with Gasteiger partial charge in [-0.15, -0.1) is 0 Å². The summed E-state index contributed by atoms with van der Waals surface area (Å²) in [5, 5.41) is 0. The minimum absolute atomic E-state index is 0.230. The van der Waals surface area contributed by atoms with Crippen LogP contribution >= 0.6 is 0 Å². The van der Waals surface area contributed by atoms with Crippen LogP contribution in [-0.4, -0.2) is 31.1 Å². The van der Waals surface area contributed by atoms with Gasteiger partial charge in [0.05, 0.1) is 0 Å². The maximum Gasteiger partial charge on any atom is 0.201 e. The molecule has 2 bridgehead atoms. The average Bonchev–Trinajstić information content (AvgIpc) is 2.69. The van der Waals surface area contributed by atoms with Crippen molar-refractivity contribution >= 4 is 0 Å². The standard InChI is InChI=1S/C16H26O5/c1-9-5-6-12-10(2)13(17-4)18-14-16(12)11(9)7-8-15(3,19-14)20-21-16/h9-14H,5-8H2,1-4H3/t9-,10+,11+,12+,13+,14-,15+,16-/m1/s1. The first-order valence-electron chi connectivity index (χ1n) is 8.23. The molecule has 120 valence electrons. The van der Waals surface area contributed by atoms with Gasteiger partial charge in [-0.2, -0.15) is 0 Å². The molecular weight excluding hydrogens is 272 g/mol. The van der Waals surface area contributed by atoms with Crippen molar-refractivity contribution in [3.63, 3.8) is 0 Å². The molecule has 1 aliphatic carbocycles. The lowest BCUT2D eigenvalue weighted by atomic mass is 9.58. The van der Waals surface area contributed by atoms with Gasteiger partial charge in [-0.3, -0.25) is 0 Å². The van der Waals surface area contributed by atoms with E-state index in [1.165, 1.54) is 6.42 Å². The highest BCUT2D eigenvalue weighted by Crippen LogP contribution is 2.60. The van der Waals surface area contributed by atoms with Crippen LogP contribution < -0.4 is 0 Å². The first kappa shape index (κ1) is 14.4. The maximum atomic E-state index is 6.21. The highest BCUT2D eigenvalue weighted by molar-refractivity contribution is 5.08. The third-order valence-electron chi connectivity index (χ3n) is 6.33. The van der Waals surface area contributed by atoms with Crippen LogP contribution in [0.25, 0.3) is 0 Å². The molecule has 0 radical (unpaired) electrons. The van der Waals surface area contributed by atoms with E-state index in [1.54, 1.807) is 7.11 Å². The molecular formula is C16H26O5. The Bertz CT molecular complexity index is 429. The predicted octanol–water partition coefficient (Wildman–Crippen LogP) is 2.84. The summed E-state index contributed by atoms with van der Waals surface area (Å²) in [6, 6.07) is 0. The van der Waals surface area contributed by atoms with Crippen LogP contribution in [0.15, 0.2) is 0 Å². The summed E-state index contributed by atoms with van der Waals surface area (Å²) >= 11 is 0. The summed E-state index contributed by atoms with van der Waals surface area (Å²) < 4.78 is 17.9. The topological polar surface area (TPSA) is 46.2 Å². The molecule has 0 N–H and O–H groups in total. The Morgan fingerprint density at radius 1 is 1.05 bits per heavy atom. The molecule has 5 fully saturated rings. The lowest BCUT2D eigenvalue weighted by Crippen LogP contribution is -2.70. The van der Waals surface area contributed by atoms with Gasteiger partial charge in [-0.05, 0) is 38.0 Å². The predicted molar refractivity (Wildman–Crippen MR) is 73.8 cm³/mol. The maximum absolute atomic E-state index is 6.21. The third-order valence-corrected chi connectivity index (χ3v) is 6.33. The van der Waals surface area contributed by atoms with Gasteiger partial charge in [-0.25, -0.2) is 9.78 Å². The minimum Gasteiger partial charge on any atom is -0.355 e. The van der Waals surface area contributed by atoms with Crippen molar-refractivity contribution in [2.45, 2.75) is 70.4 Å². The van der Waals surface area contributed by atoms with Crippen molar-refractivity contribution in [1.82, 2.24) is 0 Å². The summed E-state index contributed by atoms with van der Waals surface area (Å²) in [6.07, 6.45) is 3.64. The van der Waals surface area contributed by atoms with Gasteiger partial charge in [0.1, 0.15) is 0 Å². The van der Waals surface area contributed by atoms with E-state index in [9.17, 15) is 0 Å². The van der Waals surface area contributed by atoms with Crippen molar-refractivity contribution in [1.29, 1.82) is 0 Å². The molecule has 0 unspecified atom stereocenters. The zero-order valence-electron chi connectivity index (χ0n) is 13.3. The number of hydrogen-bond donors (Lipinski definition) is 0. The van der Waals surface area contributed by atoms with Crippen molar-refractivity contribution in [3.8, 4) is 0 Å². The lowest BCUT2D eigenvalue weighted by molar-refractivity contribution is -0.577. The second-order valence-electron chi connectivity index (χ2n) is 7.51. The van der Waals surface area contributed by atoms with Crippen LogP contribution in [0.1, 0.15) is 46.5 Å². The highest BCUT2D eigenvalue weighted by atomic mass is 17.3. The summed E-state index contributed by atoms with van der Waals surface area (Å²) in [5.74, 6) is 0.953. The van der Waals surface area contributed by atoms with E-state index in [4.69, 9.17) is 24.0 Å². The number of rotatable bonds is 1. The normalized spacial score (nSPS) is 59.4. The fourth-order valence-electron chi connectivity index (χ4n) is 5.14. The van der Waals surface area contributed by atoms with E-state index in [1.807, 2.05) is 6.92 Å². The Morgan fingerprint density at radius 2 is 1.86 bits per heavy atom. The molecule has 21 heavy (non-hydrogen) atoms. The van der Waals surface area contributed by atoms with Crippen molar-refractivity contribution < 1.29 is 24.0 Å². The Hall–Kier alpha value is -0.200. The fourth-order valence-corrected chi connectivity index (χ4v) is 5.14. The van der Waals surface area contributed by atoms with E-state index in [0.717, 1.165) is 19.3 Å². The zero-order chi connectivity index (χ0) is 14.8. The average molecular weight is 298 g/mol. The fraction of sp³-hybridized carbons (Fsp3) is 1.00. The molecule has 0 aromatic rings. The molecule has 4 heterocycles. The van der Waals surface area contributed by atoms with Gasteiger partial charge < -0.3 is 14.2 Å². The molecule has 5 nitrogen and oxygen atoms in total. The quantitative estimate of drug-likeness (QED) is 0.697. The molecule has 5 heteroatoms. The first-order valence-corrected chi connectivity index (χ1v) is 8.23. The monoisotopic (exact) mass is 298 g/mol. The van der Waals surface area contributed by atoms with Crippen LogP contribution in [0.3, 0.4) is 0 Å². The second-order valence-corrected chi connectivity index (χ2v) is 7.51. The molecule has 5 rings (SSSR count). The van der Waals surface area contributed by atoms with E-state index < -0.39 is 17.7 Å². The third kappa shape index (κ3) is 1.81. The Balaban J connectivity index is 1.79. The van der Waals surface area contributed by atoms with E-state index >= 15 is 0 Å². The van der Waals surface area contributed by atoms with Crippen LogP contribution in [-0.2, 0) is 24.0 Å². The van der Waals surface area contributed by atoms with Gasteiger partial charge in [0.25, 0.3) is 0 Å². The summed E-state index contributed by atoms with van der Waals surface area (Å²) in [4.78, 5) is 11.8. The van der Waals surface area contributed by atoms with E-state index in [-0.39, 0.29) is 12.2 Å². The Labute approximate surface area is 126 Å². The first-order chi connectivity index (χ1) is 10.00. The van der Waals surface area contributed by atoms with Crippen LogP contribution in [0.4, 0.5) is 0 Å². The molecule has 1 spiro atoms. The van der Waals surface area contributed by atoms with Crippen LogP contribution in [0.2, 0.25) is 0 Å². The van der Waals surface area contributed by atoms with Crippen molar-refractivity contribution in [2.75, 3.05) is 7.11 Å². The number of fused-ring (bicyclic) bond motifs is 2. The molecule has 0 amide bonds. The van der Waals surface area contributed by atoms with E-state index in [2.05, 4.69) is 13.8 Å². The molecule has 0 aromatic carbocycles. The van der Waals surface area contributed by atoms with E-state index in [0.29, 0.717) is 17.8 Å². The lowest BCUT2D eigenvalue weighted by Gasteiger charge is -2.60. The smallest absolute Gasteiger partial charge is 0.201 e. The van der Waals surface area contributed by atoms with Crippen LogP contribution in [0, 0.1) is 23.7 Å². The van der Waals surface area contributed by atoms with Gasteiger partial charge in [-0.1, -0.05) is 13.8 Å². The number of ether oxygens (including phenoxy) is 3. The molecule has 5 aliphatic rings. The number of hydrogen-bond acceptors (Lipinski definition) is 5. The Morgan fingerprint density at radius 3 is 2.62 bits per heavy atom. The molecule has 8 atom stereocenters. The summed E-state index contributed by atoms with van der Waals surface area (Å²) in [6.45, 7) is 6.46. The van der Waals surface area contributed by atoms with Gasteiger partial charge in [0.2, 0.25) is 5.79 Å². The molecule has 1 saturated carbocycles. The van der Waals surface area contributed by atoms with Gasteiger partial charge in [0.15, 0.2) is 18.2 Å². The summed E-state index contributed by atoms with van der Waals surface area (Å²) in [7, 11) is 1.70. The van der Waals surface area contributed by atoms with Gasteiger partial charge in [0, 0.05) is 25.4 Å². The minimum atomic E-state index is -0.698. The molecule has 0 aromatic heterocycles. The van der Waals surface area contributed by atoms with Crippen LogP contribution in [0.5, 0.6) is 0 Å². The van der Waals surface area contributed by atoms with Crippen molar-refractivity contribution in [2.24, 2.45) is 23.7 Å². The summed E-state index contributed by atoms with van der Waals surface area (Å²) in [5.41, 5.74) is -0.470. The second kappa shape index (κ2) is 4.65. The zero-order valence-corrected chi connectivity index (χ0v) is 13.3. The Kier molecular flexibility index (Phi) is 3.19. The molecule has 4 aliphatic heterocycles. The largest absolute Gasteiger partial charge is 0.355 e. The van der Waals surface area contributed by atoms with Gasteiger partial charge >= 0.3 is 0 Å². The highest BCUT2D eigenvalue weighted by Gasteiger charge is 2.69. The van der Waals surface area contributed by atoms with Crippen molar-refractivity contribution in [3.05, 3.63) is 0 Å². The molecule has 4 saturated heterocycles. The SMILES string of the molecule is CO[C@H]1O[C@@H]2O[C@]3(C)CC[C@H]4[C@H](C)CC[C@@H]([C@@H]1C)[C@@]24OO3. The number of methoxy groups -OCH3 is 1.